The van der Waals surface area contributed by atoms with Crippen molar-refractivity contribution in [3.8, 4) is 5.75 Å². The molecular formula is C15H22N2O4S. The number of carbonyl (C=O) groups excluding carboxylic acids is 1. The van der Waals surface area contributed by atoms with E-state index in [-0.39, 0.29) is 16.6 Å². The predicted octanol–water partition coefficient (Wildman–Crippen LogP) is 1.62. The number of nitrogens with zero attached hydrogens (tertiary/aromatic N) is 1. The number of ether oxygens (including phenoxy) is 1. The summed E-state index contributed by atoms with van der Waals surface area (Å²) in [6.07, 6.45) is 2.67. The van der Waals surface area contributed by atoms with Crippen molar-refractivity contribution in [2.45, 2.75) is 31.1 Å². The number of rotatable bonds is 6. The van der Waals surface area contributed by atoms with Crippen LogP contribution in [0.5, 0.6) is 5.75 Å². The quantitative estimate of drug-likeness (QED) is 0.862. The molecule has 0 aromatic heterocycles. The van der Waals surface area contributed by atoms with E-state index in [4.69, 9.17) is 4.74 Å². The van der Waals surface area contributed by atoms with Gasteiger partial charge in [-0.1, -0.05) is 6.92 Å². The Morgan fingerprint density at radius 2 is 2.00 bits per heavy atom. The third-order valence-corrected chi connectivity index (χ3v) is 5.12. The van der Waals surface area contributed by atoms with Gasteiger partial charge < -0.3 is 9.64 Å². The lowest BCUT2D eigenvalue weighted by molar-refractivity contribution is 0.0792. The summed E-state index contributed by atoms with van der Waals surface area (Å²) in [5.74, 6) is 0.105. The van der Waals surface area contributed by atoms with E-state index in [1.807, 2.05) is 6.92 Å². The number of likely N-dealkylation sites (tertiary alicyclic amines) is 1. The number of nitrogens with one attached hydrogen (secondary N) is 1. The number of hydrogen-bond donors (Lipinski definition) is 1. The SMILES string of the molecule is CCCNS(=O)(=O)c1cc(C(=O)N2CCCC2)ccc1OC. The Morgan fingerprint density at radius 3 is 2.59 bits per heavy atom. The third-order valence-electron chi connectivity index (χ3n) is 3.64. The van der Waals surface area contributed by atoms with Crippen LogP contribution in [0, 0.1) is 0 Å². The van der Waals surface area contributed by atoms with Crippen molar-refractivity contribution in [2.75, 3.05) is 26.7 Å². The van der Waals surface area contributed by atoms with E-state index in [0.29, 0.717) is 18.5 Å². The molecule has 1 aromatic carbocycles. The van der Waals surface area contributed by atoms with Crippen LogP contribution < -0.4 is 9.46 Å². The molecule has 6 nitrogen and oxygen atoms in total. The second-order valence-corrected chi connectivity index (χ2v) is 7.00. The molecule has 1 aliphatic rings. The van der Waals surface area contributed by atoms with Crippen LogP contribution in [0.25, 0.3) is 0 Å². The lowest BCUT2D eigenvalue weighted by atomic mass is 10.2. The zero-order chi connectivity index (χ0) is 16.2. The molecule has 0 radical (unpaired) electrons. The van der Waals surface area contributed by atoms with Gasteiger partial charge in [0.25, 0.3) is 5.91 Å². The molecule has 0 bridgehead atoms. The molecule has 0 aliphatic carbocycles. The summed E-state index contributed by atoms with van der Waals surface area (Å²) >= 11 is 0. The first kappa shape index (κ1) is 16.8. The van der Waals surface area contributed by atoms with Crippen LogP contribution in [0.3, 0.4) is 0 Å². The van der Waals surface area contributed by atoms with Gasteiger partial charge in [-0.25, -0.2) is 13.1 Å². The summed E-state index contributed by atoms with van der Waals surface area (Å²) in [7, 11) is -2.28. The van der Waals surface area contributed by atoms with Crippen LogP contribution in [-0.4, -0.2) is 46.0 Å². The topological polar surface area (TPSA) is 75.7 Å². The van der Waals surface area contributed by atoms with Crippen molar-refractivity contribution in [1.82, 2.24) is 9.62 Å². The van der Waals surface area contributed by atoms with Gasteiger partial charge in [0, 0.05) is 25.2 Å². The van der Waals surface area contributed by atoms with E-state index in [1.54, 1.807) is 11.0 Å². The summed E-state index contributed by atoms with van der Waals surface area (Å²) < 4.78 is 32.3. The predicted molar refractivity (Wildman–Crippen MR) is 83.6 cm³/mol. The Kier molecular flexibility index (Phi) is 5.42. The summed E-state index contributed by atoms with van der Waals surface area (Å²) in [5.41, 5.74) is 0.375. The van der Waals surface area contributed by atoms with E-state index in [0.717, 1.165) is 25.9 Å². The van der Waals surface area contributed by atoms with Crippen LogP contribution in [-0.2, 0) is 10.0 Å². The molecule has 1 saturated heterocycles. The Morgan fingerprint density at radius 1 is 1.32 bits per heavy atom. The minimum absolute atomic E-state index is 0.00787. The standard InChI is InChI=1S/C15H22N2O4S/c1-3-8-16-22(19,20)14-11-12(6-7-13(14)21-2)15(18)17-9-4-5-10-17/h6-7,11,16H,3-5,8-10H2,1-2H3. The molecule has 22 heavy (non-hydrogen) atoms. The van der Waals surface area contributed by atoms with Crippen LogP contribution in [0.2, 0.25) is 0 Å². The molecule has 1 heterocycles. The van der Waals surface area contributed by atoms with Crippen molar-refractivity contribution < 1.29 is 17.9 Å². The zero-order valence-electron chi connectivity index (χ0n) is 13.0. The third kappa shape index (κ3) is 3.59. The van der Waals surface area contributed by atoms with Crippen LogP contribution >= 0.6 is 0 Å². The summed E-state index contributed by atoms with van der Waals surface area (Å²) in [4.78, 5) is 14.2. The van der Waals surface area contributed by atoms with Crippen LogP contribution in [0.4, 0.5) is 0 Å². The molecule has 0 unspecified atom stereocenters. The van der Waals surface area contributed by atoms with E-state index in [2.05, 4.69) is 4.72 Å². The Hall–Kier alpha value is -1.60. The van der Waals surface area contributed by atoms with Gasteiger partial charge in [-0.05, 0) is 37.5 Å². The minimum atomic E-state index is -3.69. The molecule has 1 N–H and O–H groups in total. The number of sulfonamides is 1. The Bertz CT molecular complexity index is 637. The molecule has 1 amide bonds. The minimum Gasteiger partial charge on any atom is -0.495 e. The molecule has 122 valence electrons. The molecule has 1 aliphatic heterocycles. The highest BCUT2D eigenvalue weighted by atomic mass is 32.2. The van der Waals surface area contributed by atoms with E-state index in [1.165, 1.54) is 19.2 Å². The van der Waals surface area contributed by atoms with Crippen molar-refractivity contribution in [2.24, 2.45) is 0 Å². The van der Waals surface area contributed by atoms with Gasteiger partial charge >= 0.3 is 0 Å². The molecule has 1 fully saturated rings. The first-order valence-corrected chi connectivity index (χ1v) is 8.95. The maximum absolute atomic E-state index is 12.4. The smallest absolute Gasteiger partial charge is 0.253 e. The normalized spacial score (nSPS) is 15.1. The van der Waals surface area contributed by atoms with Crippen molar-refractivity contribution >= 4 is 15.9 Å². The number of methoxy groups -OCH3 is 1. The Labute approximate surface area is 131 Å². The lowest BCUT2D eigenvalue weighted by Gasteiger charge is -2.17. The molecular weight excluding hydrogens is 304 g/mol. The molecule has 0 atom stereocenters. The monoisotopic (exact) mass is 326 g/mol. The number of hydrogen-bond acceptors (Lipinski definition) is 4. The average molecular weight is 326 g/mol. The van der Waals surface area contributed by atoms with E-state index < -0.39 is 10.0 Å². The maximum Gasteiger partial charge on any atom is 0.253 e. The number of carbonyl (C=O) groups is 1. The Balaban J connectivity index is 2.35. The number of benzene rings is 1. The van der Waals surface area contributed by atoms with Gasteiger partial charge in [0.05, 0.1) is 7.11 Å². The molecule has 1 aromatic rings. The lowest BCUT2D eigenvalue weighted by Crippen LogP contribution is -2.28. The van der Waals surface area contributed by atoms with Gasteiger partial charge in [-0.15, -0.1) is 0 Å². The molecule has 0 spiro atoms. The fraction of sp³-hybridized carbons (Fsp3) is 0.533. The van der Waals surface area contributed by atoms with E-state index in [9.17, 15) is 13.2 Å². The summed E-state index contributed by atoms with van der Waals surface area (Å²) in [6, 6.07) is 4.54. The number of amides is 1. The zero-order valence-corrected chi connectivity index (χ0v) is 13.8. The highest BCUT2D eigenvalue weighted by molar-refractivity contribution is 7.89. The van der Waals surface area contributed by atoms with E-state index >= 15 is 0 Å². The van der Waals surface area contributed by atoms with Crippen molar-refractivity contribution in [1.29, 1.82) is 0 Å². The van der Waals surface area contributed by atoms with Gasteiger partial charge in [0.15, 0.2) is 0 Å². The largest absolute Gasteiger partial charge is 0.495 e. The molecule has 2 rings (SSSR count). The van der Waals surface area contributed by atoms with Crippen LogP contribution in [0.1, 0.15) is 36.5 Å². The van der Waals surface area contributed by atoms with Crippen molar-refractivity contribution in [3.05, 3.63) is 23.8 Å². The molecule has 0 saturated carbocycles. The second kappa shape index (κ2) is 7.11. The maximum atomic E-state index is 12.4. The highest BCUT2D eigenvalue weighted by Crippen LogP contribution is 2.26. The second-order valence-electron chi connectivity index (χ2n) is 5.26. The van der Waals surface area contributed by atoms with Crippen LogP contribution in [0.15, 0.2) is 23.1 Å². The first-order chi connectivity index (χ1) is 10.5. The van der Waals surface area contributed by atoms with Gasteiger partial charge in [0.1, 0.15) is 10.6 Å². The fourth-order valence-electron chi connectivity index (χ4n) is 2.44. The highest BCUT2D eigenvalue weighted by Gasteiger charge is 2.24. The van der Waals surface area contributed by atoms with Gasteiger partial charge in [0.2, 0.25) is 10.0 Å². The average Bonchev–Trinajstić information content (AvgIpc) is 3.06. The summed E-state index contributed by atoms with van der Waals surface area (Å²) in [5, 5.41) is 0. The van der Waals surface area contributed by atoms with Crippen molar-refractivity contribution in [3.63, 3.8) is 0 Å². The fourth-order valence-corrected chi connectivity index (χ4v) is 3.76. The molecule has 7 heteroatoms. The first-order valence-electron chi connectivity index (χ1n) is 7.46. The van der Waals surface area contributed by atoms with Gasteiger partial charge in [-0.3, -0.25) is 4.79 Å². The van der Waals surface area contributed by atoms with Gasteiger partial charge in [-0.2, -0.15) is 0 Å². The summed E-state index contributed by atoms with van der Waals surface area (Å²) in [6.45, 7) is 3.67.